The van der Waals surface area contributed by atoms with Gasteiger partial charge in [0.15, 0.2) is 6.20 Å². The third-order valence-corrected chi connectivity index (χ3v) is 12.5. The van der Waals surface area contributed by atoms with Crippen molar-refractivity contribution in [3.8, 4) is 33.3 Å². The summed E-state index contributed by atoms with van der Waals surface area (Å²) >= 11 is 1.49. The molecule has 18 heteroatoms. The molecule has 2 N–H and O–H groups in total. The number of pyridine rings is 1. The van der Waals surface area contributed by atoms with Crippen LogP contribution in [0.3, 0.4) is 0 Å². The first kappa shape index (κ1) is 46.1. The van der Waals surface area contributed by atoms with Crippen molar-refractivity contribution in [2.75, 3.05) is 24.7 Å². The molecule has 2 aromatic heterocycles. The molecule has 6 rings (SSSR count). The van der Waals surface area contributed by atoms with E-state index in [4.69, 9.17) is 0 Å². The molecule has 0 aliphatic heterocycles. The first-order chi connectivity index (χ1) is 29.8. The van der Waals surface area contributed by atoms with Crippen LogP contribution in [0.15, 0.2) is 126 Å². The van der Waals surface area contributed by atoms with Crippen LogP contribution in [0.25, 0.3) is 27.5 Å². The number of halogens is 4. The SMILES string of the molecule is CC(C)N(Cc1cccc(-c2scc[n+]2-c2cc(CN(C(=O)Nc3ccc(OC(F)(F)F)cc3)C(C)C)cc(-c3cc(F)ccn3)c2)c1)C(=O)Nc1ccc(S(=O)(=O)N(C)C)cc1. The highest BCUT2D eigenvalue weighted by atomic mass is 32.2. The first-order valence-corrected chi connectivity index (χ1v) is 22.0. The third kappa shape index (κ3) is 11.8. The number of benzene rings is 4. The number of aromatic nitrogens is 2. The van der Waals surface area contributed by atoms with Gasteiger partial charge in [-0.15, -0.1) is 13.2 Å². The monoisotopic (exact) mass is 904 g/mol. The number of ether oxygens (including phenoxy) is 1. The predicted octanol–water partition coefficient (Wildman–Crippen LogP) is 9.93. The molecule has 0 fully saturated rings. The van der Waals surface area contributed by atoms with Crippen molar-refractivity contribution in [3.63, 3.8) is 0 Å². The zero-order valence-corrected chi connectivity index (χ0v) is 36.9. The molecule has 0 radical (unpaired) electrons. The fourth-order valence-corrected chi connectivity index (χ4v) is 8.29. The largest absolute Gasteiger partial charge is 0.573 e. The van der Waals surface area contributed by atoms with Gasteiger partial charge in [0.05, 0.1) is 21.5 Å². The van der Waals surface area contributed by atoms with Gasteiger partial charge in [0.2, 0.25) is 15.7 Å². The number of urea groups is 2. The Bertz CT molecular complexity index is 2670. The summed E-state index contributed by atoms with van der Waals surface area (Å²) in [5, 5.41) is 8.40. The number of thiazole rings is 1. The summed E-state index contributed by atoms with van der Waals surface area (Å²) in [6.07, 6.45) is -1.58. The lowest BCUT2D eigenvalue weighted by molar-refractivity contribution is -0.579. The van der Waals surface area contributed by atoms with Gasteiger partial charge in [0.1, 0.15) is 11.6 Å². The van der Waals surface area contributed by atoms with Gasteiger partial charge in [-0.3, -0.25) is 4.98 Å². The molecular weight excluding hydrogens is 859 g/mol. The number of hydrogen-bond donors (Lipinski definition) is 2. The van der Waals surface area contributed by atoms with Gasteiger partial charge in [-0.25, -0.2) is 26.7 Å². The minimum Gasteiger partial charge on any atom is -0.406 e. The molecule has 2 heterocycles. The number of carbonyl (C=O) groups is 2. The van der Waals surface area contributed by atoms with Crippen molar-refractivity contribution in [3.05, 3.63) is 138 Å². The van der Waals surface area contributed by atoms with Gasteiger partial charge in [-0.2, -0.15) is 4.57 Å². The summed E-state index contributed by atoms with van der Waals surface area (Å²) in [4.78, 5) is 35.0. The lowest BCUT2D eigenvalue weighted by Crippen LogP contribution is -2.39. The molecule has 0 bridgehead atoms. The van der Waals surface area contributed by atoms with Crippen molar-refractivity contribution < 1.29 is 44.9 Å². The van der Waals surface area contributed by atoms with E-state index < -0.39 is 34.0 Å². The molecule has 4 aromatic carbocycles. The Morgan fingerprint density at radius 3 is 1.94 bits per heavy atom. The molecule has 330 valence electrons. The highest BCUT2D eigenvalue weighted by molar-refractivity contribution is 7.89. The molecular formula is C45H46F4N7O5S2+. The van der Waals surface area contributed by atoms with Gasteiger partial charge in [-0.05, 0) is 112 Å². The maximum Gasteiger partial charge on any atom is 0.573 e. The molecule has 63 heavy (non-hydrogen) atoms. The van der Waals surface area contributed by atoms with Crippen LogP contribution in [0.5, 0.6) is 5.75 Å². The Labute approximate surface area is 367 Å². The maximum atomic E-state index is 14.5. The van der Waals surface area contributed by atoms with Gasteiger partial charge in [0.25, 0.3) is 5.01 Å². The van der Waals surface area contributed by atoms with Crippen molar-refractivity contribution in [2.45, 2.75) is 64.1 Å². The van der Waals surface area contributed by atoms with Gasteiger partial charge >= 0.3 is 18.4 Å². The summed E-state index contributed by atoms with van der Waals surface area (Å²) in [6, 6.07) is 25.5. The van der Waals surface area contributed by atoms with E-state index in [0.717, 1.165) is 32.6 Å². The quantitative estimate of drug-likeness (QED) is 0.0828. The fraction of sp³-hybridized carbons (Fsp3) is 0.244. The molecule has 0 atom stereocenters. The van der Waals surface area contributed by atoms with Crippen molar-refractivity contribution in [1.29, 1.82) is 0 Å². The Morgan fingerprint density at radius 2 is 1.37 bits per heavy atom. The minimum absolute atomic E-state index is 0.108. The van der Waals surface area contributed by atoms with Gasteiger partial charge in [0, 0.05) is 80.6 Å². The fourth-order valence-electron chi connectivity index (χ4n) is 6.53. The van der Waals surface area contributed by atoms with Gasteiger partial charge in [-0.1, -0.05) is 23.5 Å². The predicted molar refractivity (Wildman–Crippen MR) is 234 cm³/mol. The zero-order chi connectivity index (χ0) is 45.6. The second-order valence-corrected chi connectivity index (χ2v) is 18.3. The van der Waals surface area contributed by atoms with Crippen LogP contribution < -0.4 is 19.9 Å². The topological polar surface area (TPSA) is 128 Å². The molecule has 4 amide bonds. The zero-order valence-electron chi connectivity index (χ0n) is 35.2. The van der Waals surface area contributed by atoms with Crippen molar-refractivity contribution >= 4 is 44.8 Å². The summed E-state index contributed by atoms with van der Waals surface area (Å²) in [5.74, 6) is -0.893. The van der Waals surface area contributed by atoms with Crippen LogP contribution in [0.4, 0.5) is 38.5 Å². The number of nitrogens with one attached hydrogen (secondary N) is 2. The average molecular weight is 905 g/mol. The summed E-state index contributed by atoms with van der Waals surface area (Å²) in [7, 11) is -0.733. The van der Waals surface area contributed by atoms with E-state index in [9.17, 15) is 35.6 Å². The van der Waals surface area contributed by atoms with Crippen LogP contribution in [0.2, 0.25) is 0 Å². The number of nitrogens with zero attached hydrogens (tertiary/aromatic N) is 5. The number of sulfonamides is 1. The summed E-state index contributed by atoms with van der Waals surface area (Å²) < 4.78 is 84.7. The maximum absolute atomic E-state index is 14.5. The van der Waals surface area contributed by atoms with E-state index in [-0.39, 0.29) is 41.8 Å². The smallest absolute Gasteiger partial charge is 0.406 e. The molecule has 0 aliphatic rings. The van der Waals surface area contributed by atoms with Crippen LogP contribution in [0, 0.1) is 5.82 Å². The molecule has 0 aliphatic carbocycles. The Morgan fingerprint density at radius 1 is 0.778 bits per heavy atom. The third-order valence-electron chi connectivity index (χ3n) is 9.75. The molecule has 0 spiro atoms. The van der Waals surface area contributed by atoms with E-state index in [1.807, 2.05) is 86.3 Å². The number of hydrogen-bond acceptors (Lipinski definition) is 7. The number of amides is 4. The van der Waals surface area contributed by atoms with Gasteiger partial charge < -0.3 is 25.2 Å². The van der Waals surface area contributed by atoms with E-state index in [1.165, 1.54) is 68.0 Å². The van der Waals surface area contributed by atoms with E-state index in [1.54, 1.807) is 21.9 Å². The van der Waals surface area contributed by atoms with E-state index in [2.05, 4.69) is 20.4 Å². The lowest BCUT2D eigenvalue weighted by atomic mass is 10.0. The number of rotatable bonds is 14. The number of carbonyl (C=O) groups excluding carboxylic acids is 2. The van der Waals surface area contributed by atoms with Crippen LogP contribution in [-0.4, -0.2) is 72.1 Å². The standard InChI is InChI=1S/C45H45F4N7O5S2/c1-29(2)55(43(57)52-37-12-16-40(17-13-37)63(59,60)53(5)6)27-31-8-7-9-33(22-31)42-54(20-21-62-42)38-24-32(23-34(25-38)41-26-35(46)18-19-50-41)28-56(30(3)4)44(58)51-36-10-14-39(15-11-36)61-45(47,48)49/h7-26,29-30H,27-28H2,1-6H3,(H-,51,52,57,58)/p+1. The summed E-state index contributed by atoms with van der Waals surface area (Å²) in [5.41, 5.74) is 4.78. The molecule has 6 aromatic rings. The second-order valence-electron chi connectivity index (χ2n) is 15.2. The normalized spacial score (nSPS) is 11.8. The minimum atomic E-state index is -4.85. The Kier molecular flexibility index (Phi) is 14.2. The second kappa shape index (κ2) is 19.3. The molecule has 0 saturated heterocycles. The molecule has 12 nitrogen and oxygen atoms in total. The Balaban J connectivity index is 1.27. The highest BCUT2D eigenvalue weighted by Gasteiger charge is 2.31. The summed E-state index contributed by atoms with van der Waals surface area (Å²) in [6.45, 7) is 7.84. The van der Waals surface area contributed by atoms with E-state index >= 15 is 0 Å². The Hall–Kier alpha value is -6.37. The number of anilines is 2. The van der Waals surface area contributed by atoms with Crippen LogP contribution in [0.1, 0.15) is 38.8 Å². The molecule has 0 unspecified atom stereocenters. The first-order valence-electron chi connectivity index (χ1n) is 19.7. The lowest BCUT2D eigenvalue weighted by Gasteiger charge is -2.27. The molecule has 0 saturated carbocycles. The number of alkyl halides is 3. The van der Waals surface area contributed by atoms with Crippen LogP contribution >= 0.6 is 11.3 Å². The van der Waals surface area contributed by atoms with Crippen molar-refractivity contribution in [1.82, 2.24) is 19.1 Å². The van der Waals surface area contributed by atoms with Crippen molar-refractivity contribution in [2.24, 2.45) is 0 Å². The average Bonchev–Trinajstić information content (AvgIpc) is 3.72. The highest BCUT2D eigenvalue weighted by Crippen LogP contribution is 2.29. The van der Waals surface area contributed by atoms with Crippen LogP contribution in [-0.2, 0) is 23.1 Å². The van der Waals surface area contributed by atoms with E-state index in [0.29, 0.717) is 28.2 Å².